The van der Waals surface area contributed by atoms with E-state index in [1.165, 1.54) is 30.3 Å². The van der Waals surface area contributed by atoms with Crippen LogP contribution in [0.2, 0.25) is 0 Å². The Bertz CT molecular complexity index is 1490. The monoisotopic (exact) mass is 472 g/mol. The molecule has 176 valence electrons. The summed E-state index contributed by atoms with van der Waals surface area (Å²) < 4.78 is 17.7. The molecule has 2 bridgehead atoms. The first-order chi connectivity index (χ1) is 16.5. The second kappa shape index (κ2) is 5.51. The zero-order valence-corrected chi connectivity index (χ0v) is 19.1. The lowest BCUT2D eigenvalue weighted by molar-refractivity contribution is -0.246. The largest absolute Gasteiger partial charge is 0.468 e. The standard InChI is InChI=1S/C27H20O8/c1-22(2)12-13-23(34-22)24(21(31)33-3)18(28)16-10-6-7-11-17(16)25(23,32)27-20(30)15-9-5-4-8-14(15)19(29)26(24,27)35-27/h4-13,32H,1-3H3/t23?,24-,25+,26-,27+/m1/s1. The molecule has 5 aliphatic rings. The average Bonchev–Trinajstić information content (AvgIpc) is 3.45. The molecule has 8 heteroatoms. The van der Waals surface area contributed by atoms with Crippen molar-refractivity contribution in [2.24, 2.45) is 5.41 Å². The van der Waals surface area contributed by atoms with Crippen LogP contribution >= 0.6 is 0 Å². The van der Waals surface area contributed by atoms with Crippen LogP contribution in [0.3, 0.4) is 0 Å². The quantitative estimate of drug-likeness (QED) is 0.289. The number of benzene rings is 2. The van der Waals surface area contributed by atoms with Gasteiger partial charge < -0.3 is 19.3 Å². The number of rotatable bonds is 1. The summed E-state index contributed by atoms with van der Waals surface area (Å²) in [5.74, 6) is -3.34. The third-order valence-corrected chi connectivity index (χ3v) is 8.49. The molecule has 1 spiro atoms. The number of aliphatic hydroxyl groups is 1. The van der Waals surface area contributed by atoms with Crippen molar-refractivity contribution in [1.82, 2.24) is 0 Å². The Morgan fingerprint density at radius 2 is 1.37 bits per heavy atom. The number of carbonyl (C=O) groups excluding carboxylic acids is 4. The smallest absolute Gasteiger partial charge is 0.326 e. The van der Waals surface area contributed by atoms with Gasteiger partial charge in [0.05, 0.1) is 12.7 Å². The summed E-state index contributed by atoms with van der Waals surface area (Å²) in [6.45, 7) is 3.39. The maximum absolute atomic E-state index is 14.5. The Labute approximate surface area is 199 Å². The van der Waals surface area contributed by atoms with Crippen LogP contribution in [0.5, 0.6) is 0 Å². The van der Waals surface area contributed by atoms with Gasteiger partial charge in [-0.25, -0.2) is 0 Å². The molecule has 0 radical (unpaired) electrons. The van der Waals surface area contributed by atoms with E-state index < -0.39 is 56.7 Å². The van der Waals surface area contributed by atoms with Gasteiger partial charge in [0.15, 0.2) is 22.6 Å². The van der Waals surface area contributed by atoms with E-state index in [9.17, 15) is 24.3 Å². The zero-order chi connectivity index (χ0) is 24.8. The number of Topliss-reactive ketones (excluding diaryl/α,β-unsaturated/α-hetero) is 3. The average molecular weight is 472 g/mol. The van der Waals surface area contributed by atoms with Crippen molar-refractivity contribution in [1.29, 1.82) is 0 Å². The lowest BCUT2D eigenvalue weighted by atomic mass is 9.55. The minimum absolute atomic E-state index is 0.00818. The number of epoxide rings is 1. The van der Waals surface area contributed by atoms with E-state index in [1.807, 2.05) is 0 Å². The summed E-state index contributed by atoms with van der Waals surface area (Å²) in [6, 6.07) is 12.3. The maximum atomic E-state index is 14.5. The third-order valence-electron chi connectivity index (χ3n) is 8.49. The molecular formula is C27H20O8. The molecular weight excluding hydrogens is 452 g/mol. The molecule has 0 amide bonds. The Balaban J connectivity index is 1.73. The molecule has 2 heterocycles. The molecule has 1 saturated carbocycles. The van der Waals surface area contributed by atoms with Crippen LogP contribution in [0, 0.1) is 5.41 Å². The highest BCUT2D eigenvalue weighted by molar-refractivity contribution is 6.35. The van der Waals surface area contributed by atoms with Crippen LogP contribution in [0.25, 0.3) is 0 Å². The fourth-order valence-electron chi connectivity index (χ4n) is 7.33. The van der Waals surface area contributed by atoms with Crippen molar-refractivity contribution in [2.75, 3.05) is 7.11 Å². The summed E-state index contributed by atoms with van der Waals surface area (Å²) in [5, 5.41) is 12.9. The minimum Gasteiger partial charge on any atom is -0.468 e. The van der Waals surface area contributed by atoms with Crippen LogP contribution in [0.1, 0.15) is 50.5 Å². The number of carbonyl (C=O) groups is 4. The summed E-state index contributed by atoms with van der Waals surface area (Å²) in [4.78, 5) is 56.9. The lowest BCUT2D eigenvalue weighted by Gasteiger charge is -2.53. The Morgan fingerprint density at radius 1 is 0.800 bits per heavy atom. The molecule has 3 aliphatic carbocycles. The van der Waals surface area contributed by atoms with Gasteiger partial charge in [-0.3, -0.25) is 19.2 Å². The van der Waals surface area contributed by atoms with E-state index in [2.05, 4.69) is 0 Å². The Kier molecular flexibility index (Phi) is 3.29. The minimum atomic E-state index is -2.51. The predicted molar refractivity (Wildman–Crippen MR) is 118 cm³/mol. The number of hydrogen-bond acceptors (Lipinski definition) is 8. The van der Waals surface area contributed by atoms with E-state index in [4.69, 9.17) is 14.2 Å². The topological polar surface area (TPSA) is 120 Å². The van der Waals surface area contributed by atoms with E-state index in [1.54, 1.807) is 44.2 Å². The number of esters is 1. The molecule has 1 saturated heterocycles. The van der Waals surface area contributed by atoms with Crippen molar-refractivity contribution >= 4 is 23.3 Å². The van der Waals surface area contributed by atoms with Crippen molar-refractivity contribution in [3.8, 4) is 0 Å². The van der Waals surface area contributed by atoms with Crippen molar-refractivity contribution in [2.45, 2.75) is 41.9 Å². The van der Waals surface area contributed by atoms with Crippen molar-refractivity contribution in [3.63, 3.8) is 0 Å². The van der Waals surface area contributed by atoms with Gasteiger partial charge in [0.25, 0.3) is 0 Å². The SMILES string of the molecule is COC(=O)[C@]12C(=O)c3ccccc3[C@](O)(C13C=CC(C)(C)O3)[C@]13O[C@]21C(=O)c1ccccc1C3=O. The van der Waals surface area contributed by atoms with Gasteiger partial charge in [-0.05, 0) is 19.9 Å². The lowest BCUT2D eigenvalue weighted by Crippen LogP contribution is -2.72. The molecule has 2 aliphatic heterocycles. The molecule has 35 heavy (non-hydrogen) atoms. The van der Waals surface area contributed by atoms with Gasteiger partial charge in [0.2, 0.25) is 22.6 Å². The second-order valence-electron chi connectivity index (χ2n) is 10.3. The number of ether oxygens (including phenoxy) is 3. The first-order valence-corrected chi connectivity index (χ1v) is 11.3. The molecule has 5 atom stereocenters. The van der Waals surface area contributed by atoms with Gasteiger partial charge in [-0.2, -0.15) is 0 Å². The zero-order valence-electron chi connectivity index (χ0n) is 19.1. The maximum Gasteiger partial charge on any atom is 0.326 e. The van der Waals surface area contributed by atoms with Gasteiger partial charge in [-0.1, -0.05) is 54.6 Å². The molecule has 2 fully saturated rings. The Hall–Kier alpha value is -3.46. The predicted octanol–water partition coefficient (Wildman–Crippen LogP) is 1.93. The van der Waals surface area contributed by atoms with Crippen LogP contribution in [0.4, 0.5) is 0 Å². The van der Waals surface area contributed by atoms with Gasteiger partial charge in [-0.15, -0.1) is 0 Å². The molecule has 2 aromatic rings. The number of ketones is 3. The van der Waals surface area contributed by atoms with Gasteiger partial charge in [0, 0.05) is 22.3 Å². The first kappa shape index (κ1) is 20.9. The fourth-order valence-corrected chi connectivity index (χ4v) is 7.33. The van der Waals surface area contributed by atoms with Crippen LogP contribution in [0.15, 0.2) is 60.7 Å². The highest BCUT2D eigenvalue weighted by Crippen LogP contribution is 2.85. The normalized spacial score (nSPS) is 40.7. The van der Waals surface area contributed by atoms with E-state index >= 15 is 0 Å². The summed E-state index contributed by atoms with van der Waals surface area (Å²) in [7, 11) is 1.09. The molecule has 2 aromatic carbocycles. The van der Waals surface area contributed by atoms with Crippen LogP contribution in [-0.2, 0) is 24.6 Å². The molecule has 8 nitrogen and oxygen atoms in total. The number of fused-ring (bicyclic) bond motifs is 3. The van der Waals surface area contributed by atoms with E-state index in [0.717, 1.165) is 7.11 Å². The van der Waals surface area contributed by atoms with Crippen LogP contribution in [-0.4, -0.2) is 57.9 Å². The van der Waals surface area contributed by atoms with Crippen molar-refractivity contribution in [3.05, 3.63) is 82.9 Å². The fraction of sp³-hybridized carbons (Fsp3) is 0.333. The highest BCUT2D eigenvalue weighted by Gasteiger charge is 3.10. The third kappa shape index (κ3) is 1.60. The number of hydrogen-bond donors (Lipinski definition) is 1. The Morgan fingerprint density at radius 3 is 1.94 bits per heavy atom. The summed E-state index contributed by atoms with van der Waals surface area (Å²) in [5.41, 5.74) is -12.6. The number of methoxy groups -OCH3 is 1. The molecule has 1 unspecified atom stereocenters. The van der Waals surface area contributed by atoms with E-state index in [0.29, 0.717) is 0 Å². The highest BCUT2D eigenvalue weighted by atomic mass is 16.7. The van der Waals surface area contributed by atoms with Crippen molar-refractivity contribution < 1.29 is 38.5 Å². The summed E-state index contributed by atoms with van der Waals surface area (Å²) >= 11 is 0. The first-order valence-electron chi connectivity index (χ1n) is 11.3. The van der Waals surface area contributed by atoms with E-state index in [-0.39, 0.29) is 22.3 Å². The molecule has 7 rings (SSSR count). The summed E-state index contributed by atoms with van der Waals surface area (Å²) in [6.07, 6.45) is 3.05. The molecule has 1 N–H and O–H groups in total. The van der Waals surface area contributed by atoms with Gasteiger partial charge in [0.1, 0.15) is 0 Å². The molecule has 0 aromatic heterocycles. The second-order valence-corrected chi connectivity index (χ2v) is 10.3. The van der Waals surface area contributed by atoms with Gasteiger partial charge >= 0.3 is 5.97 Å². The van der Waals surface area contributed by atoms with Crippen LogP contribution < -0.4 is 0 Å².